The number of hydrogen-bond donors (Lipinski definition) is 2. The molecule has 5 heteroatoms. The predicted molar refractivity (Wildman–Crippen MR) is 82.0 cm³/mol. The van der Waals surface area contributed by atoms with Gasteiger partial charge in [0.25, 0.3) is 5.91 Å². The number of nitrogens with zero attached hydrogens (tertiary/aromatic N) is 1. The van der Waals surface area contributed by atoms with Crippen LogP contribution in [0.2, 0.25) is 0 Å². The first-order chi connectivity index (χ1) is 9.90. The van der Waals surface area contributed by atoms with E-state index in [4.69, 9.17) is 0 Å². The molecule has 1 aliphatic rings. The molecule has 1 aromatic carbocycles. The molecule has 1 heterocycles. The first kappa shape index (κ1) is 15.2. The quantitative estimate of drug-likeness (QED) is 0.890. The summed E-state index contributed by atoms with van der Waals surface area (Å²) in [6.45, 7) is 8.77. The van der Waals surface area contributed by atoms with E-state index in [0.29, 0.717) is 25.1 Å². The number of amides is 2. The van der Waals surface area contributed by atoms with Crippen molar-refractivity contribution in [3.8, 4) is 0 Å². The van der Waals surface area contributed by atoms with E-state index in [1.165, 1.54) is 22.3 Å². The fourth-order valence-corrected chi connectivity index (χ4v) is 2.47. The smallest absolute Gasteiger partial charge is 0.267 e. The monoisotopic (exact) mass is 287 g/mol. The number of rotatable bonds is 3. The van der Waals surface area contributed by atoms with Crippen LogP contribution < -0.4 is 10.7 Å². The molecule has 0 radical (unpaired) electrons. The van der Waals surface area contributed by atoms with Crippen molar-refractivity contribution in [2.24, 2.45) is 5.10 Å². The number of benzene rings is 1. The Hall–Kier alpha value is -2.17. The fourth-order valence-electron chi connectivity index (χ4n) is 2.47. The summed E-state index contributed by atoms with van der Waals surface area (Å²) in [7, 11) is 0. The highest BCUT2D eigenvalue weighted by atomic mass is 16.2. The lowest BCUT2D eigenvalue weighted by molar-refractivity contribution is -0.121. The van der Waals surface area contributed by atoms with Gasteiger partial charge >= 0.3 is 0 Å². The van der Waals surface area contributed by atoms with Crippen molar-refractivity contribution in [1.29, 1.82) is 0 Å². The third-order valence-electron chi connectivity index (χ3n) is 4.11. The summed E-state index contributed by atoms with van der Waals surface area (Å²) < 4.78 is 0. The Morgan fingerprint density at radius 1 is 1.19 bits per heavy atom. The Labute approximate surface area is 124 Å². The summed E-state index contributed by atoms with van der Waals surface area (Å²) in [5.74, 6) is -0.361. The van der Waals surface area contributed by atoms with Gasteiger partial charge in [-0.25, -0.2) is 5.43 Å². The Kier molecular flexibility index (Phi) is 4.40. The second-order valence-corrected chi connectivity index (χ2v) is 5.52. The van der Waals surface area contributed by atoms with Crippen LogP contribution in [0.25, 0.3) is 0 Å². The number of carbonyl (C=O) groups excluding carboxylic acids is 2. The fraction of sp³-hybridized carbons (Fsp3) is 0.438. The average molecular weight is 287 g/mol. The first-order valence-corrected chi connectivity index (χ1v) is 7.10. The van der Waals surface area contributed by atoms with Crippen LogP contribution in [0.15, 0.2) is 11.2 Å². The SMILES string of the molecule is Cc1cc(C)c(C)c(CNC(=O)C2=NNC(=O)CC2)c1C. The Morgan fingerprint density at radius 2 is 1.81 bits per heavy atom. The summed E-state index contributed by atoms with van der Waals surface area (Å²) in [6, 6.07) is 2.16. The van der Waals surface area contributed by atoms with Crippen molar-refractivity contribution < 1.29 is 9.59 Å². The summed E-state index contributed by atoms with van der Waals surface area (Å²) in [5, 5.41) is 6.71. The zero-order chi connectivity index (χ0) is 15.6. The zero-order valence-electron chi connectivity index (χ0n) is 13.0. The second kappa shape index (κ2) is 6.08. The molecule has 0 saturated carbocycles. The molecule has 0 fully saturated rings. The van der Waals surface area contributed by atoms with E-state index in [9.17, 15) is 9.59 Å². The molecule has 0 spiro atoms. The molecule has 0 saturated heterocycles. The molecule has 21 heavy (non-hydrogen) atoms. The zero-order valence-corrected chi connectivity index (χ0v) is 13.0. The topological polar surface area (TPSA) is 70.6 Å². The van der Waals surface area contributed by atoms with Gasteiger partial charge in [-0.15, -0.1) is 0 Å². The number of aryl methyl sites for hydroxylation is 2. The molecule has 0 aliphatic carbocycles. The van der Waals surface area contributed by atoms with Crippen LogP contribution in [0.3, 0.4) is 0 Å². The van der Waals surface area contributed by atoms with Crippen molar-refractivity contribution in [1.82, 2.24) is 10.7 Å². The standard InChI is InChI=1S/C16H21N3O2/c1-9-7-10(2)12(4)13(11(9)3)8-17-16(21)14-5-6-15(20)19-18-14/h7H,5-6,8H2,1-4H3,(H,17,21)(H,19,20). The third-order valence-corrected chi connectivity index (χ3v) is 4.11. The van der Waals surface area contributed by atoms with Crippen LogP contribution in [-0.4, -0.2) is 17.5 Å². The molecule has 2 amide bonds. The third kappa shape index (κ3) is 3.29. The van der Waals surface area contributed by atoms with Crippen LogP contribution in [0.1, 0.15) is 40.7 Å². The highest BCUT2D eigenvalue weighted by Crippen LogP contribution is 2.21. The van der Waals surface area contributed by atoms with Gasteiger partial charge in [-0.1, -0.05) is 6.07 Å². The van der Waals surface area contributed by atoms with Crippen molar-refractivity contribution >= 4 is 17.5 Å². The maximum absolute atomic E-state index is 12.1. The molecular weight excluding hydrogens is 266 g/mol. The van der Waals surface area contributed by atoms with Gasteiger partial charge in [-0.3, -0.25) is 9.59 Å². The van der Waals surface area contributed by atoms with E-state index in [0.717, 1.165) is 5.56 Å². The van der Waals surface area contributed by atoms with E-state index in [2.05, 4.69) is 49.6 Å². The highest BCUT2D eigenvalue weighted by Gasteiger charge is 2.18. The van der Waals surface area contributed by atoms with Gasteiger partial charge in [0.05, 0.1) is 0 Å². The molecule has 1 aromatic rings. The molecule has 112 valence electrons. The molecular formula is C16H21N3O2. The molecule has 0 atom stereocenters. The van der Waals surface area contributed by atoms with Gasteiger partial charge in [-0.2, -0.15) is 5.10 Å². The van der Waals surface area contributed by atoms with Crippen LogP contribution in [-0.2, 0) is 16.1 Å². The number of carbonyl (C=O) groups is 2. The number of nitrogens with one attached hydrogen (secondary N) is 2. The Morgan fingerprint density at radius 3 is 2.33 bits per heavy atom. The minimum atomic E-state index is -0.215. The summed E-state index contributed by atoms with van der Waals surface area (Å²) >= 11 is 0. The molecule has 0 unspecified atom stereocenters. The lowest BCUT2D eigenvalue weighted by Crippen LogP contribution is -2.36. The van der Waals surface area contributed by atoms with E-state index in [1.54, 1.807) is 0 Å². The molecule has 5 nitrogen and oxygen atoms in total. The summed E-state index contributed by atoms with van der Waals surface area (Å²) in [5.41, 5.74) is 8.74. The summed E-state index contributed by atoms with van der Waals surface area (Å²) in [6.07, 6.45) is 0.705. The molecule has 2 rings (SSSR count). The molecule has 2 N–H and O–H groups in total. The van der Waals surface area contributed by atoms with Crippen LogP contribution in [0, 0.1) is 27.7 Å². The van der Waals surface area contributed by atoms with Crippen LogP contribution >= 0.6 is 0 Å². The maximum Gasteiger partial charge on any atom is 0.267 e. The number of hydrogen-bond acceptors (Lipinski definition) is 3. The largest absolute Gasteiger partial charge is 0.347 e. The van der Waals surface area contributed by atoms with Gasteiger partial charge < -0.3 is 5.32 Å². The lowest BCUT2D eigenvalue weighted by atomic mass is 9.94. The predicted octanol–water partition coefficient (Wildman–Crippen LogP) is 1.80. The maximum atomic E-state index is 12.1. The van der Waals surface area contributed by atoms with Crippen molar-refractivity contribution in [2.75, 3.05) is 0 Å². The van der Waals surface area contributed by atoms with E-state index in [1.807, 2.05) is 0 Å². The molecule has 0 bridgehead atoms. The van der Waals surface area contributed by atoms with Gasteiger partial charge in [0.1, 0.15) is 5.71 Å². The minimum Gasteiger partial charge on any atom is -0.347 e. The van der Waals surface area contributed by atoms with Gasteiger partial charge in [-0.05, 0) is 55.5 Å². The lowest BCUT2D eigenvalue weighted by Gasteiger charge is -2.17. The number of hydrazone groups is 1. The van der Waals surface area contributed by atoms with E-state index in [-0.39, 0.29) is 11.8 Å². The Balaban J connectivity index is 2.10. The van der Waals surface area contributed by atoms with Gasteiger partial charge in [0.15, 0.2) is 0 Å². The Bertz CT molecular complexity index is 607. The molecule has 0 aromatic heterocycles. The summed E-state index contributed by atoms with van der Waals surface area (Å²) in [4.78, 5) is 23.1. The van der Waals surface area contributed by atoms with Gasteiger partial charge in [0, 0.05) is 19.4 Å². The minimum absolute atomic E-state index is 0.146. The van der Waals surface area contributed by atoms with Crippen molar-refractivity contribution in [3.63, 3.8) is 0 Å². The van der Waals surface area contributed by atoms with Crippen molar-refractivity contribution in [3.05, 3.63) is 33.9 Å². The van der Waals surface area contributed by atoms with E-state index >= 15 is 0 Å². The average Bonchev–Trinajstić information content (AvgIpc) is 2.45. The highest BCUT2D eigenvalue weighted by molar-refractivity contribution is 6.39. The second-order valence-electron chi connectivity index (χ2n) is 5.52. The van der Waals surface area contributed by atoms with Crippen molar-refractivity contribution in [2.45, 2.75) is 47.1 Å². The normalized spacial score (nSPS) is 14.5. The van der Waals surface area contributed by atoms with Crippen LogP contribution in [0.5, 0.6) is 0 Å². The van der Waals surface area contributed by atoms with Crippen LogP contribution in [0.4, 0.5) is 0 Å². The first-order valence-electron chi connectivity index (χ1n) is 7.10. The van der Waals surface area contributed by atoms with E-state index < -0.39 is 0 Å². The molecule has 1 aliphatic heterocycles. The van der Waals surface area contributed by atoms with Gasteiger partial charge in [0.2, 0.25) is 5.91 Å².